The summed E-state index contributed by atoms with van der Waals surface area (Å²) in [7, 11) is 1.81. The van der Waals surface area contributed by atoms with Gasteiger partial charge in [0.05, 0.1) is 18.8 Å². The summed E-state index contributed by atoms with van der Waals surface area (Å²) < 4.78 is 14.8. The Morgan fingerprint density at radius 3 is 2.75 bits per heavy atom. The topological polar surface area (TPSA) is 84.7 Å². The molecule has 3 rings (SSSR count). The second-order valence-corrected chi connectivity index (χ2v) is 5.94. The zero-order valence-corrected chi connectivity index (χ0v) is 13.6. The predicted molar refractivity (Wildman–Crippen MR) is 88.0 cm³/mol. The molecule has 0 fully saturated rings. The third-order valence-corrected chi connectivity index (χ3v) is 3.94. The highest BCUT2D eigenvalue weighted by atomic mass is 32.1. The van der Waals surface area contributed by atoms with Crippen molar-refractivity contribution in [2.45, 2.75) is 6.04 Å². The number of halogens is 1. The molecule has 2 aromatic heterocycles. The van der Waals surface area contributed by atoms with E-state index in [1.807, 2.05) is 13.2 Å². The average Bonchev–Trinajstić information content (AvgIpc) is 3.21. The van der Waals surface area contributed by atoms with Gasteiger partial charge in [-0.15, -0.1) is 10.2 Å². The van der Waals surface area contributed by atoms with Gasteiger partial charge in [0, 0.05) is 18.8 Å². The smallest absolute Gasteiger partial charge is 0.240 e. The van der Waals surface area contributed by atoms with Crippen LogP contribution in [0, 0.1) is 5.82 Å². The van der Waals surface area contributed by atoms with Crippen LogP contribution >= 0.6 is 11.3 Å². The van der Waals surface area contributed by atoms with Gasteiger partial charge < -0.3 is 0 Å². The zero-order valence-electron chi connectivity index (χ0n) is 12.8. The van der Waals surface area contributed by atoms with Crippen molar-refractivity contribution in [2.75, 3.05) is 11.9 Å². The normalized spacial score (nSPS) is 12.1. The van der Waals surface area contributed by atoms with Crippen molar-refractivity contribution in [2.24, 2.45) is 7.05 Å². The molecule has 0 aliphatic rings. The number of nitrogens with zero attached hydrogens (tertiary/aromatic N) is 4. The van der Waals surface area contributed by atoms with E-state index in [1.165, 1.54) is 23.5 Å². The van der Waals surface area contributed by atoms with Gasteiger partial charge in [0.25, 0.3) is 0 Å². The number of hydrogen-bond donors (Lipinski definition) is 2. The molecule has 0 saturated heterocycles. The van der Waals surface area contributed by atoms with Crippen LogP contribution in [-0.2, 0) is 11.8 Å². The maximum atomic E-state index is 13.2. The minimum atomic E-state index is -0.308. The van der Waals surface area contributed by atoms with Gasteiger partial charge in [0.2, 0.25) is 11.0 Å². The van der Waals surface area contributed by atoms with Crippen LogP contribution in [0.4, 0.5) is 9.52 Å². The zero-order chi connectivity index (χ0) is 16.9. The van der Waals surface area contributed by atoms with Crippen molar-refractivity contribution >= 4 is 22.4 Å². The minimum absolute atomic E-state index is 0.0660. The maximum absolute atomic E-state index is 13.2. The molecule has 0 bridgehead atoms. The van der Waals surface area contributed by atoms with Crippen molar-refractivity contribution < 1.29 is 9.18 Å². The largest absolute Gasteiger partial charge is 0.299 e. The van der Waals surface area contributed by atoms with Gasteiger partial charge in [-0.3, -0.25) is 20.1 Å². The molecule has 7 nitrogen and oxygen atoms in total. The van der Waals surface area contributed by atoms with E-state index in [-0.39, 0.29) is 24.3 Å². The number of aryl methyl sites for hydroxylation is 1. The molecule has 1 aromatic carbocycles. The Balaban J connectivity index is 1.72. The molecule has 0 spiro atoms. The number of anilines is 1. The molecule has 2 N–H and O–H groups in total. The molecule has 0 unspecified atom stereocenters. The van der Waals surface area contributed by atoms with E-state index < -0.39 is 0 Å². The third-order valence-electron chi connectivity index (χ3n) is 3.33. The summed E-state index contributed by atoms with van der Waals surface area (Å²) in [4.78, 5) is 12.0. The SMILES string of the molecule is Cn1cc([C@H](NCC(=O)Nc2nncs2)c2ccc(F)cc2)cn1. The van der Waals surface area contributed by atoms with Crippen LogP contribution in [0.15, 0.2) is 42.2 Å². The summed E-state index contributed by atoms with van der Waals surface area (Å²) in [5, 5.41) is 17.9. The van der Waals surface area contributed by atoms with Gasteiger partial charge >= 0.3 is 0 Å². The molecule has 0 radical (unpaired) electrons. The monoisotopic (exact) mass is 346 g/mol. The lowest BCUT2D eigenvalue weighted by molar-refractivity contribution is -0.115. The fourth-order valence-electron chi connectivity index (χ4n) is 2.26. The third kappa shape index (κ3) is 4.00. The summed E-state index contributed by atoms with van der Waals surface area (Å²) in [6.07, 6.45) is 3.56. The molecule has 24 heavy (non-hydrogen) atoms. The van der Waals surface area contributed by atoms with Crippen LogP contribution < -0.4 is 10.6 Å². The lowest BCUT2D eigenvalue weighted by Gasteiger charge is -2.17. The van der Waals surface area contributed by atoms with Gasteiger partial charge in [-0.25, -0.2) is 4.39 Å². The van der Waals surface area contributed by atoms with Crippen LogP contribution in [0.5, 0.6) is 0 Å². The number of aromatic nitrogens is 4. The lowest BCUT2D eigenvalue weighted by atomic mass is 10.0. The highest BCUT2D eigenvalue weighted by Gasteiger charge is 2.17. The quantitative estimate of drug-likeness (QED) is 0.710. The number of rotatable bonds is 6. The van der Waals surface area contributed by atoms with Crippen LogP contribution in [0.1, 0.15) is 17.2 Å². The molecule has 0 saturated carbocycles. The van der Waals surface area contributed by atoms with E-state index in [4.69, 9.17) is 0 Å². The van der Waals surface area contributed by atoms with Crippen LogP contribution in [0.2, 0.25) is 0 Å². The average molecular weight is 346 g/mol. The molecular weight excluding hydrogens is 331 g/mol. The Kier molecular flexibility index (Phi) is 4.92. The van der Waals surface area contributed by atoms with E-state index in [2.05, 4.69) is 25.9 Å². The lowest BCUT2D eigenvalue weighted by Crippen LogP contribution is -2.31. The summed E-state index contributed by atoms with van der Waals surface area (Å²) in [5.41, 5.74) is 3.26. The molecule has 1 atom stereocenters. The van der Waals surface area contributed by atoms with E-state index in [9.17, 15) is 9.18 Å². The number of benzene rings is 1. The van der Waals surface area contributed by atoms with Crippen LogP contribution in [0.3, 0.4) is 0 Å². The van der Waals surface area contributed by atoms with Crippen molar-refractivity contribution in [1.29, 1.82) is 0 Å². The van der Waals surface area contributed by atoms with E-state index in [0.717, 1.165) is 11.1 Å². The van der Waals surface area contributed by atoms with Gasteiger partial charge in [0.1, 0.15) is 11.3 Å². The van der Waals surface area contributed by atoms with Gasteiger partial charge in [0.15, 0.2) is 0 Å². The van der Waals surface area contributed by atoms with Crippen molar-refractivity contribution in [1.82, 2.24) is 25.3 Å². The molecule has 1 amide bonds. The second-order valence-electron chi connectivity index (χ2n) is 5.10. The van der Waals surface area contributed by atoms with E-state index in [0.29, 0.717) is 5.13 Å². The molecule has 3 aromatic rings. The fraction of sp³-hybridized carbons (Fsp3) is 0.200. The highest BCUT2D eigenvalue weighted by Crippen LogP contribution is 2.21. The molecule has 124 valence electrons. The fourth-order valence-corrected chi connectivity index (χ4v) is 2.72. The number of nitrogens with one attached hydrogen (secondary N) is 2. The summed E-state index contributed by atoms with van der Waals surface area (Å²) in [6, 6.07) is 5.87. The van der Waals surface area contributed by atoms with Crippen LogP contribution in [-0.4, -0.2) is 32.4 Å². The summed E-state index contributed by atoms with van der Waals surface area (Å²) >= 11 is 1.25. The molecule has 9 heteroatoms. The standard InChI is InChI=1S/C15H15FN6OS/c1-22-8-11(6-19-22)14(10-2-4-12(16)5-3-10)17-7-13(23)20-15-21-18-9-24-15/h2-6,8-9,14,17H,7H2,1H3,(H,20,21,23)/t14-/m1/s1. The van der Waals surface area contributed by atoms with E-state index in [1.54, 1.807) is 28.5 Å². The number of carbonyl (C=O) groups is 1. The van der Waals surface area contributed by atoms with Crippen molar-refractivity contribution in [3.05, 3.63) is 59.1 Å². The molecule has 0 aliphatic carbocycles. The first-order valence-corrected chi connectivity index (χ1v) is 8.03. The number of amides is 1. The van der Waals surface area contributed by atoms with Crippen molar-refractivity contribution in [3.8, 4) is 0 Å². The number of hydrogen-bond acceptors (Lipinski definition) is 6. The Bertz CT molecular complexity index is 802. The van der Waals surface area contributed by atoms with Gasteiger partial charge in [-0.05, 0) is 17.7 Å². The molecule has 2 heterocycles. The first-order chi connectivity index (χ1) is 11.6. The predicted octanol–water partition coefficient (Wildman–Crippen LogP) is 1.73. The second kappa shape index (κ2) is 7.28. The van der Waals surface area contributed by atoms with Gasteiger partial charge in [-0.2, -0.15) is 5.10 Å². The summed E-state index contributed by atoms with van der Waals surface area (Å²) in [6.45, 7) is 0.0660. The first-order valence-electron chi connectivity index (χ1n) is 7.15. The number of carbonyl (C=O) groups excluding carboxylic acids is 1. The first kappa shape index (κ1) is 16.2. The minimum Gasteiger partial charge on any atom is -0.299 e. The maximum Gasteiger partial charge on any atom is 0.240 e. The van der Waals surface area contributed by atoms with E-state index >= 15 is 0 Å². The Labute approximate surface area is 141 Å². The van der Waals surface area contributed by atoms with Crippen molar-refractivity contribution in [3.63, 3.8) is 0 Å². The van der Waals surface area contributed by atoms with Gasteiger partial charge in [-0.1, -0.05) is 23.5 Å². The Morgan fingerprint density at radius 2 is 2.12 bits per heavy atom. The highest BCUT2D eigenvalue weighted by molar-refractivity contribution is 7.13. The molecule has 0 aliphatic heterocycles. The Morgan fingerprint density at radius 1 is 1.33 bits per heavy atom. The summed E-state index contributed by atoms with van der Waals surface area (Å²) in [5.74, 6) is -0.541. The Hall–Kier alpha value is -2.65. The van der Waals surface area contributed by atoms with Crippen LogP contribution in [0.25, 0.3) is 0 Å². The molecular formula is C15H15FN6OS.